The Kier molecular flexibility index (Phi) is 5.56. The lowest BCUT2D eigenvalue weighted by atomic mass is 10.0. The molecule has 1 aromatic carbocycles. The normalized spacial score (nSPS) is 21.6. The minimum Gasteiger partial charge on any atom is -0.394 e. The molecule has 1 aliphatic rings. The molecule has 116 valence electrons. The van der Waals surface area contributed by atoms with Gasteiger partial charge in [-0.25, -0.2) is 9.18 Å². The Bertz CT molecular complexity index is 481. The first-order valence-electron chi connectivity index (χ1n) is 7.51. The predicted molar refractivity (Wildman–Crippen MR) is 79.5 cm³/mol. The van der Waals surface area contributed by atoms with E-state index in [1.165, 1.54) is 12.1 Å². The molecule has 0 bridgehead atoms. The summed E-state index contributed by atoms with van der Waals surface area (Å²) in [6.45, 7) is 3.32. The van der Waals surface area contributed by atoms with E-state index in [2.05, 4.69) is 12.2 Å². The molecule has 1 aromatic rings. The van der Waals surface area contributed by atoms with Crippen molar-refractivity contribution < 1.29 is 14.3 Å². The highest BCUT2D eigenvalue weighted by Gasteiger charge is 2.33. The third kappa shape index (κ3) is 4.17. The van der Waals surface area contributed by atoms with Gasteiger partial charge in [-0.05, 0) is 42.9 Å². The smallest absolute Gasteiger partial charge is 0.317 e. The number of rotatable bonds is 5. The zero-order valence-electron chi connectivity index (χ0n) is 12.4. The minimum absolute atomic E-state index is 0.0118. The molecule has 0 radical (unpaired) electrons. The predicted octanol–water partition coefficient (Wildman–Crippen LogP) is 2.17. The van der Waals surface area contributed by atoms with Gasteiger partial charge in [0.2, 0.25) is 0 Å². The van der Waals surface area contributed by atoms with Gasteiger partial charge in [0.25, 0.3) is 0 Å². The number of aliphatic hydroxyl groups excluding tert-OH is 1. The number of aryl methyl sites for hydroxylation is 1. The molecule has 21 heavy (non-hydrogen) atoms. The summed E-state index contributed by atoms with van der Waals surface area (Å²) >= 11 is 0. The minimum atomic E-state index is -0.228. The maximum atomic E-state index is 13.0. The summed E-state index contributed by atoms with van der Waals surface area (Å²) in [5.41, 5.74) is 0.937. The lowest BCUT2D eigenvalue weighted by molar-refractivity contribution is 0.144. The second-order valence-corrected chi connectivity index (χ2v) is 5.67. The molecule has 2 rings (SSSR count). The largest absolute Gasteiger partial charge is 0.394 e. The molecule has 2 atom stereocenters. The molecular weight excluding hydrogens is 271 g/mol. The van der Waals surface area contributed by atoms with Gasteiger partial charge >= 0.3 is 6.03 Å². The van der Waals surface area contributed by atoms with Gasteiger partial charge in [0.1, 0.15) is 5.82 Å². The van der Waals surface area contributed by atoms with Gasteiger partial charge < -0.3 is 15.3 Å². The Morgan fingerprint density at radius 1 is 1.52 bits per heavy atom. The van der Waals surface area contributed by atoms with Gasteiger partial charge in [-0.1, -0.05) is 19.1 Å². The third-order valence-electron chi connectivity index (χ3n) is 4.14. The van der Waals surface area contributed by atoms with Crippen molar-refractivity contribution in [2.45, 2.75) is 32.2 Å². The van der Waals surface area contributed by atoms with Crippen LogP contribution < -0.4 is 5.32 Å². The van der Waals surface area contributed by atoms with Gasteiger partial charge in [-0.15, -0.1) is 0 Å². The Morgan fingerprint density at radius 2 is 2.33 bits per heavy atom. The van der Waals surface area contributed by atoms with E-state index in [1.54, 1.807) is 11.0 Å². The number of nitrogens with one attached hydrogen (secondary N) is 1. The molecule has 1 heterocycles. The number of likely N-dealkylation sites (tertiary alicyclic amines) is 1. The van der Waals surface area contributed by atoms with Crippen LogP contribution in [-0.4, -0.2) is 41.8 Å². The third-order valence-corrected chi connectivity index (χ3v) is 4.14. The highest BCUT2D eigenvalue weighted by atomic mass is 19.1. The van der Waals surface area contributed by atoms with Crippen LogP contribution in [0.25, 0.3) is 0 Å². The van der Waals surface area contributed by atoms with Crippen molar-refractivity contribution in [2.24, 2.45) is 5.92 Å². The molecule has 2 amide bonds. The number of carbonyl (C=O) groups excluding carboxylic acids is 1. The number of aliphatic hydroxyl groups is 1. The zero-order chi connectivity index (χ0) is 15.2. The van der Waals surface area contributed by atoms with Crippen LogP contribution in [0.4, 0.5) is 9.18 Å². The van der Waals surface area contributed by atoms with Gasteiger partial charge in [0, 0.05) is 13.1 Å². The van der Waals surface area contributed by atoms with E-state index in [0.29, 0.717) is 19.0 Å². The quantitative estimate of drug-likeness (QED) is 0.818. The first kappa shape index (κ1) is 15.8. The maximum Gasteiger partial charge on any atom is 0.317 e. The van der Waals surface area contributed by atoms with Crippen LogP contribution >= 0.6 is 0 Å². The van der Waals surface area contributed by atoms with Gasteiger partial charge in [0.15, 0.2) is 0 Å². The van der Waals surface area contributed by atoms with E-state index in [-0.39, 0.29) is 24.5 Å². The van der Waals surface area contributed by atoms with Crippen molar-refractivity contribution in [1.82, 2.24) is 10.2 Å². The standard InChI is InChI=1S/C16H23FN2O2/c1-12-7-9-19(15(12)11-20)16(21)18-8-3-5-13-4-2-6-14(17)10-13/h2,4,6,10,12,15,20H,3,5,7-9,11H2,1H3,(H,18,21)/t12-,15+/m0/s1. The number of urea groups is 1. The summed E-state index contributed by atoms with van der Waals surface area (Å²) in [7, 11) is 0. The Labute approximate surface area is 125 Å². The van der Waals surface area contributed by atoms with Crippen LogP contribution in [0, 0.1) is 11.7 Å². The number of amides is 2. The molecule has 0 saturated carbocycles. The van der Waals surface area contributed by atoms with Gasteiger partial charge in [0.05, 0.1) is 12.6 Å². The van der Waals surface area contributed by atoms with E-state index >= 15 is 0 Å². The first-order chi connectivity index (χ1) is 10.1. The molecule has 0 aliphatic carbocycles. The summed E-state index contributed by atoms with van der Waals surface area (Å²) in [5, 5.41) is 12.2. The van der Waals surface area contributed by atoms with E-state index in [0.717, 1.165) is 24.8 Å². The Hall–Kier alpha value is -1.62. The number of hydrogen-bond donors (Lipinski definition) is 2. The summed E-state index contributed by atoms with van der Waals surface area (Å²) in [6.07, 6.45) is 2.43. The summed E-state index contributed by atoms with van der Waals surface area (Å²) < 4.78 is 13.0. The molecule has 4 nitrogen and oxygen atoms in total. The Morgan fingerprint density at radius 3 is 3.05 bits per heavy atom. The van der Waals surface area contributed by atoms with E-state index in [4.69, 9.17) is 0 Å². The van der Waals surface area contributed by atoms with E-state index in [1.807, 2.05) is 6.07 Å². The molecule has 1 saturated heterocycles. The van der Waals surface area contributed by atoms with Crippen LogP contribution in [0.15, 0.2) is 24.3 Å². The fourth-order valence-corrected chi connectivity index (χ4v) is 2.82. The number of halogens is 1. The summed E-state index contributed by atoms with van der Waals surface area (Å²) in [5.74, 6) is 0.112. The highest BCUT2D eigenvalue weighted by molar-refractivity contribution is 5.74. The molecule has 0 unspecified atom stereocenters. The topological polar surface area (TPSA) is 52.6 Å². The monoisotopic (exact) mass is 294 g/mol. The highest BCUT2D eigenvalue weighted by Crippen LogP contribution is 2.23. The van der Waals surface area contributed by atoms with E-state index < -0.39 is 0 Å². The molecular formula is C16H23FN2O2. The van der Waals surface area contributed by atoms with Crippen molar-refractivity contribution in [2.75, 3.05) is 19.7 Å². The maximum absolute atomic E-state index is 13.0. The van der Waals surface area contributed by atoms with Crippen molar-refractivity contribution in [1.29, 1.82) is 0 Å². The molecule has 0 spiro atoms. The number of benzene rings is 1. The lowest BCUT2D eigenvalue weighted by Gasteiger charge is -2.25. The fraction of sp³-hybridized carbons (Fsp3) is 0.562. The summed E-state index contributed by atoms with van der Waals surface area (Å²) in [4.78, 5) is 13.8. The summed E-state index contributed by atoms with van der Waals surface area (Å²) in [6, 6.07) is 6.33. The van der Waals surface area contributed by atoms with Crippen LogP contribution in [0.5, 0.6) is 0 Å². The number of nitrogens with zero attached hydrogens (tertiary/aromatic N) is 1. The van der Waals surface area contributed by atoms with E-state index in [9.17, 15) is 14.3 Å². The second kappa shape index (κ2) is 7.41. The second-order valence-electron chi connectivity index (χ2n) is 5.67. The van der Waals surface area contributed by atoms with Crippen molar-refractivity contribution in [3.05, 3.63) is 35.6 Å². The average Bonchev–Trinajstić information content (AvgIpc) is 2.84. The van der Waals surface area contributed by atoms with Crippen LogP contribution in [0.1, 0.15) is 25.3 Å². The molecule has 0 aromatic heterocycles. The number of hydrogen-bond acceptors (Lipinski definition) is 2. The van der Waals surface area contributed by atoms with Crippen molar-refractivity contribution in [3.8, 4) is 0 Å². The molecule has 5 heteroatoms. The SMILES string of the molecule is C[C@H]1CCN(C(=O)NCCCc2cccc(F)c2)[C@@H]1CO. The van der Waals surface area contributed by atoms with Crippen LogP contribution in [0.2, 0.25) is 0 Å². The van der Waals surface area contributed by atoms with Crippen LogP contribution in [0.3, 0.4) is 0 Å². The van der Waals surface area contributed by atoms with Gasteiger partial charge in [-0.3, -0.25) is 0 Å². The van der Waals surface area contributed by atoms with Crippen LogP contribution in [-0.2, 0) is 6.42 Å². The molecule has 1 fully saturated rings. The average molecular weight is 294 g/mol. The first-order valence-corrected chi connectivity index (χ1v) is 7.51. The number of carbonyl (C=O) groups is 1. The molecule has 2 N–H and O–H groups in total. The fourth-order valence-electron chi connectivity index (χ4n) is 2.82. The lowest BCUT2D eigenvalue weighted by Crippen LogP contribution is -2.45. The van der Waals surface area contributed by atoms with Crippen molar-refractivity contribution in [3.63, 3.8) is 0 Å². The molecule has 1 aliphatic heterocycles. The zero-order valence-corrected chi connectivity index (χ0v) is 12.4. The van der Waals surface area contributed by atoms with Gasteiger partial charge in [-0.2, -0.15) is 0 Å². The Balaban J connectivity index is 1.72. The van der Waals surface area contributed by atoms with Crippen molar-refractivity contribution >= 4 is 6.03 Å².